The fourth-order valence-electron chi connectivity index (χ4n) is 4.03. The second-order valence-electron chi connectivity index (χ2n) is 7.57. The fourth-order valence-corrected chi connectivity index (χ4v) is 4.03. The minimum Gasteiger partial charge on any atom is -0.454 e. The Bertz CT molecular complexity index is 1240. The summed E-state index contributed by atoms with van der Waals surface area (Å²) in [7, 11) is 0. The van der Waals surface area contributed by atoms with Gasteiger partial charge in [-0.3, -0.25) is 14.4 Å². The third-order valence-corrected chi connectivity index (χ3v) is 5.68. The van der Waals surface area contributed by atoms with Crippen molar-refractivity contribution in [3.8, 4) is 11.5 Å². The highest BCUT2D eigenvalue weighted by Gasteiger charge is 2.31. The maximum Gasteiger partial charge on any atom is 0.262 e. The van der Waals surface area contributed by atoms with E-state index < -0.39 is 5.56 Å². The van der Waals surface area contributed by atoms with Crippen LogP contribution in [0.3, 0.4) is 0 Å². The lowest BCUT2D eigenvalue weighted by Gasteiger charge is -2.31. The normalized spacial score (nSPS) is 16.0. The van der Waals surface area contributed by atoms with Gasteiger partial charge in [-0.2, -0.15) is 0 Å². The maximum absolute atomic E-state index is 13.1. The molecule has 31 heavy (non-hydrogen) atoms. The number of hydrogen-bond donors (Lipinski definition) is 2. The molecule has 2 aliphatic heterocycles. The van der Waals surface area contributed by atoms with Crippen molar-refractivity contribution in [1.29, 1.82) is 0 Å². The van der Waals surface area contributed by atoms with Crippen molar-refractivity contribution >= 4 is 28.6 Å². The first-order valence-corrected chi connectivity index (χ1v) is 9.98. The molecule has 0 saturated carbocycles. The highest BCUT2D eigenvalue weighted by molar-refractivity contribution is 6.06. The first kappa shape index (κ1) is 19.2. The molecule has 1 fully saturated rings. The first-order valence-electron chi connectivity index (χ1n) is 9.98. The molecule has 0 unspecified atom stereocenters. The minimum atomic E-state index is -0.414. The molecule has 1 aromatic carbocycles. The van der Waals surface area contributed by atoms with Gasteiger partial charge in [0, 0.05) is 30.8 Å². The summed E-state index contributed by atoms with van der Waals surface area (Å²) in [6, 6.07) is 5.26. The van der Waals surface area contributed by atoms with Crippen LogP contribution in [0.25, 0.3) is 11.1 Å². The smallest absolute Gasteiger partial charge is 0.262 e. The van der Waals surface area contributed by atoms with E-state index >= 15 is 0 Å². The predicted molar refractivity (Wildman–Crippen MR) is 109 cm³/mol. The lowest BCUT2D eigenvalue weighted by molar-refractivity contribution is -0.121. The van der Waals surface area contributed by atoms with Gasteiger partial charge in [0.1, 0.15) is 11.1 Å². The number of H-pyrrole nitrogens is 1. The molecule has 1 saturated heterocycles. The van der Waals surface area contributed by atoms with Gasteiger partial charge in [0.25, 0.3) is 11.5 Å². The molecule has 2 aromatic heterocycles. The minimum absolute atomic E-state index is 0.100. The third kappa shape index (κ3) is 3.39. The second-order valence-corrected chi connectivity index (χ2v) is 7.57. The van der Waals surface area contributed by atoms with E-state index in [1.807, 2.05) is 0 Å². The molecule has 2 aliphatic rings. The number of anilines is 1. The van der Waals surface area contributed by atoms with Crippen LogP contribution in [0, 0.1) is 12.8 Å². The Morgan fingerprint density at radius 2 is 1.97 bits per heavy atom. The Morgan fingerprint density at radius 1 is 1.19 bits per heavy atom. The third-order valence-electron chi connectivity index (χ3n) is 5.68. The Morgan fingerprint density at radius 3 is 2.77 bits per heavy atom. The average molecular weight is 424 g/mol. The number of carbonyl (C=O) groups is 2. The summed E-state index contributed by atoms with van der Waals surface area (Å²) in [5, 5.41) is 3.07. The number of furan rings is 1. The summed E-state index contributed by atoms with van der Waals surface area (Å²) in [4.78, 5) is 46.1. The molecule has 10 heteroatoms. The quantitative estimate of drug-likeness (QED) is 0.659. The van der Waals surface area contributed by atoms with Crippen LogP contribution in [0.4, 0.5) is 5.69 Å². The molecule has 4 heterocycles. The number of amides is 2. The van der Waals surface area contributed by atoms with Crippen molar-refractivity contribution in [2.24, 2.45) is 5.92 Å². The topological polar surface area (TPSA) is 127 Å². The van der Waals surface area contributed by atoms with Crippen LogP contribution in [0.5, 0.6) is 11.5 Å². The zero-order valence-electron chi connectivity index (χ0n) is 16.8. The molecule has 160 valence electrons. The summed E-state index contributed by atoms with van der Waals surface area (Å²) < 4.78 is 16.1. The van der Waals surface area contributed by atoms with Crippen molar-refractivity contribution in [3.63, 3.8) is 0 Å². The number of nitrogens with zero attached hydrogens (tertiary/aromatic N) is 2. The molecule has 5 rings (SSSR count). The summed E-state index contributed by atoms with van der Waals surface area (Å²) >= 11 is 0. The zero-order valence-corrected chi connectivity index (χ0v) is 16.8. The van der Waals surface area contributed by atoms with Crippen LogP contribution < -0.4 is 20.3 Å². The lowest BCUT2D eigenvalue weighted by Crippen LogP contribution is -2.41. The fraction of sp³-hybridized carbons (Fsp3) is 0.333. The number of carbonyl (C=O) groups excluding carboxylic acids is 2. The molecule has 0 spiro atoms. The number of hydrogen-bond acceptors (Lipinski definition) is 7. The summed E-state index contributed by atoms with van der Waals surface area (Å²) in [6.07, 6.45) is 2.28. The van der Waals surface area contributed by atoms with Crippen LogP contribution in [-0.2, 0) is 4.79 Å². The number of aromatic amines is 1. The molecule has 2 N–H and O–H groups in total. The van der Waals surface area contributed by atoms with Gasteiger partial charge in [-0.05, 0) is 31.9 Å². The molecule has 10 nitrogen and oxygen atoms in total. The lowest BCUT2D eigenvalue weighted by atomic mass is 9.95. The maximum atomic E-state index is 13.1. The molecule has 0 atom stereocenters. The number of nitrogens with one attached hydrogen (secondary N) is 2. The van der Waals surface area contributed by atoms with E-state index in [0.717, 1.165) is 0 Å². The van der Waals surface area contributed by atoms with Gasteiger partial charge >= 0.3 is 0 Å². The highest BCUT2D eigenvalue weighted by atomic mass is 16.7. The summed E-state index contributed by atoms with van der Waals surface area (Å²) in [5.41, 5.74) is 0.596. The molecular weight excluding hydrogens is 404 g/mol. The second kappa shape index (κ2) is 7.46. The summed E-state index contributed by atoms with van der Waals surface area (Å²) in [5.74, 6) is 1.00. The number of likely N-dealkylation sites (tertiary alicyclic amines) is 1. The van der Waals surface area contributed by atoms with Gasteiger partial charge in [-0.1, -0.05) is 0 Å². The zero-order chi connectivity index (χ0) is 21.5. The van der Waals surface area contributed by atoms with E-state index in [1.54, 1.807) is 30.0 Å². The highest BCUT2D eigenvalue weighted by Crippen LogP contribution is 2.34. The molecule has 0 radical (unpaired) electrons. The standard InChI is InChI=1S/C21H20N4O6/c1-11-16(17-19(27)22-9-23-20(17)31-11)21(28)25-6-4-12(5-7-25)18(26)24-13-2-3-14-15(8-13)30-10-29-14/h2-3,8-9,12H,4-7,10H2,1H3,(H,24,26)(H,22,23,27). The first-order chi connectivity index (χ1) is 15.0. The number of rotatable bonds is 3. The van der Waals surface area contributed by atoms with Crippen molar-refractivity contribution < 1.29 is 23.5 Å². The molecule has 3 aromatic rings. The van der Waals surface area contributed by atoms with Gasteiger partial charge in [0.15, 0.2) is 11.5 Å². The monoisotopic (exact) mass is 424 g/mol. The van der Waals surface area contributed by atoms with Crippen molar-refractivity contribution in [2.75, 3.05) is 25.2 Å². The van der Waals surface area contributed by atoms with E-state index in [-0.39, 0.29) is 41.2 Å². The molecule has 0 bridgehead atoms. The van der Waals surface area contributed by atoms with E-state index in [0.29, 0.717) is 48.9 Å². The van der Waals surface area contributed by atoms with Crippen LogP contribution in [0.1, 0.15) is 29.0 Å². The van der Waals surface area contributed by atoms with Crippen LogP contribution in [-0.4, -0.2) is 46.6 Å². The average Bonchev–Trinajstić information content (AvgIpc) is 3.37. The Hall–Kier alpha value is -3.82. The Kier molecular flexibility index (Phi) is 4.61. The number of piperidine rings is 1. The van der Waals surface area contributed by atoms with E-state index in [4.69, 9.17) is 13.9 Å². The largest absolute Gasteiger partial charge is 0.454 e. The van der Waals surface area contributed by atoms with E-state index in [1.165, 1.54) is 6.33 Å². The number of benzene rings is 1. The number of aromatic nitrogens is 2. The molecular formula is C21H20N4O6. The Labute approximate surface area is 176 Å². The molecule has 2 amide bonds. The number of ether oxygens (including phenoxy) is 2. The number of aryl methyl sites for hydroxylation is 1. The molecule has 0 aliphatic carbocycles. The van der Waals surface area contributed by atoms with Crippen LogP contribution >= 0.6 is 0 Å². The number of fused-ring (bicyclic) bond motifs is 2. The summed E-state index contributed by atoms with van der Waals surface area (Å²) in [6.45, 7) is 2.62. The van der Waals surface area contributed by atoms with Crippen LogP contribution in [0.2, 0.25) is 0 Å². The van der Waals surface area contributed by atoms with Crippen molar-refractivity contribution in [2.45, 2.75) is 19.8 Å². The van der Waals surface area contributed by atoms with Gasteiger partial charge in [-0.15, -0.1) is 0 Å². The van der Waals surface area contributed by atoms with Crippen LogP contribution in [0.15, 0.2) is 33.7 Å². The van der Waals surface area contributed by atoms with Crippen molar-refractivity contribution in [1.82, 2.24) is 14.9 Å². The van der Waals surface area contributed by atoms with Gasteiger partial charge in [0.05, 0.1) is 11.9 Å². The van der Waals surface area contributed by atoms with Gasteiger partial charge in [-0.25, -0.2) is 4.98 Å². The van der Waals surface area contributed by atoms with E-state index in [9.17, 15) is 14.4 Å². The SMILES string of the molecule is Cc1oc2nc[nH]c(=O)c2c1C(=O)N1CCC(C(=O)Nc2ccc3c(c2)OCO3)CC1. The van der Waals surface area contributed by atoms with E-state index in [2.05, 4.69) is 15.3 Å². The van der Waals surface area contributed by atoms with Gasteiger partial charge in [0.2, 0.25) is 18.4 Å². The Balaban J connectivity index is 1.25. The van der Waals surface area contributed by atoms with Crippen molar-refractivity contribution in [3.05, 3.63) is 46.2 Å². The van der Waals surface area contributed by atoms with Gasteiger partial charge < -0.3 is 29.1 Å². The predicted octanol–water partition coefficient (Wildman–Crippen LogP) is 2.04.